The maximum Gasteiger partial charge on any atom is 0.340 e. The fraction of sp³-hybridized carbons (Fsp3) is 0.300. The van der Waals surface area contributed by atoms with Crippen molar-refractivity contribution in [1.29, 1.82) is 5.41 Å². The largest absolute Gasteiger partial charge is 0.486 e. The number of hydrogen-bond acceptors (Lipinski definition) is 2. The van der Waals surface area contributed by atoms with Crippen molar-refractivity contribution in [1.82, 2.24) is 0 Å². The number of rotatable bonds is 5. The number of amidine groups is 1. The fourth-order valence-corrected chi connectivity index (χ4v) is 1.26. The van der Waals surface area contributed by atoms with Crippen LogP contribution in [0.3, 0.4) is 0 Å². The van der Waals surface area contributed by atoms with Gasteiger partial charge >= 0.3 is 12.3 Å². The summed E-state index contributed by atoms with van der Waals surface area (Å²) in [4.78, 5) is 0. The summed E-state index contributed by atoms with van der Waals surface area (Å²) in [7, 11) is 0. The predicted octanol–water partition coefficient (Wildman–Crippen LogP) is 2.90. The lowest BCUT2D eigenvalue weighted by Crippen LogP contribution is -2.33. The van der Waals surface area contributed by atoms with Gasteiger partial charge in [-0.2, -0.15) is 8.78 Å². The summed E-state index contributed by atoms with van der Waals surface area (Å²) < 4.78 is 53.5. The van der Waals surface area contributed by atoms with Gasteiger partial charge in [0, 0.05) is 5.56 Å². The summed E-state index contributed by atoms with van der Waals surface area (Å²) in [6.07, 6.45) is -3.81. The summed E-state index contributed by atoms with van der Waals surface area (Å²) in [6.45, 7) is -1.48. The number of benzene rings is 1. The number of alkyl halides is 4. The monoisotopic (exact) mass is 284 g/mol. The highest BCUT2D eigenvalue weighted by atomic mass is 35.5. The van der Waals surface area contributed by atoms with Crippen LogP contribution in [0, 0.1) is 5.41 Å². The zero-order chi connectivity index (χ0) is 13.9. The Morgan fingerprint density at radius 2 is 2.06 bits per heavy atom. The lowest BCUT2D eigenvalue weighted by Gasteiger charge is -2.16. The predicted molar refractivity (Wildman–Crippen MR) is 58.9 cm³/mol. The van der Waals surface area contributed by atoms with Gasteiger partial charge in [0.1, 0.15) is 11.6 Å². The van der Waals surface area contributed by atoms with E-state index < -0.39 is 19.0 Å². The first-order valence-corrected chi connectivity index (χ1v) is 5.04. The highest BCUT2D eigenvalue weighted by Gasteiger charge is 2.41. The fourth-order valence-electron chi connectivity index (χ4n) is 1.02. The van der Waals surface area contributed by atoms with Gasteiger partial charge in [-0.1, -0.05) is 11.6 Å². The van der Waals surface area contributed by atoms with E-state index >= 15 is 0 Å². The van der Waals surface area contributed by atoms with Crippen molar-refractivity contribution in [3.63, 3.8) is 0 Å². The van der Waals surface area contributed by atoms with E-state index in [2.05, 4.69) is 4.74 Å². The molecule has 1 aromatic carbocycles. The molecule has 0 aliphatic heterocycles. The van der Waals surface area contributed by atoms with E-state index in [4.69, 9.17) is 22.7 Å². The maximum atomic E-state index is 12.6. The average Bonchev–Trinajstić information content (AvgIpc) is 2.26. The Bertz CT molecular complexity index is 454. The second-order valence-corrected chi connectivity index (χ2v) is 3.82. The Morgan fingerprint density at radius 1 is 1.44 bits per heavy atom. The molecule has 0 aliphatic carbocycles. The van der Waals surface area contributed by atoms with E-state index in [0.717, 1.165) is 0 Å². The molecule has 0 amide bonds. The summed E-state index contributed by atoms with van der Waals surface area (Å²) in [5.74, 6) is -4.69. The zero-order valence-electron chi connectivity index (χ0n) is 8.89. The average molecular weight is 285 g/mol. The minimum absolute atomic E-state index is 0.0900. The van der Waals surface area contributed by atoms with Crippen molar-refractivity contribution in [3.8, 4) is 5.75 Å². The Morgan fingerprint density at radius 3 is 2.50 bits per heavy atom. The molecule has 0 aliphatic rings. The van der Waals surface area contributed by atoms with E-state index in [1.54, 1.807) is 0 Å². The van der Waals surface area contributed by atoms with Crippen molar-refractivity contribution >= 4 is 17.4 Å². The molecular weight excluding hydrogens is 276 g/mol. The summed E-state index contributed by atoms with van der Waals surface area (Å²) in [5.41, 5.74) is 5.45. The number of nitrogens with two attached hydrogens (primary N) is 1. The first-order chi connectivity index (χ1) is 8.24. The number of nitrogen functional groups attached to an aromatic ring is 1. The first-order valence-electron chi connectivity index (χ1n) is 4.67. The normalized spacial score (nSPS) is 11.7. The molecule has 0 radical (unpaired) electrons. The van der Waals surface area contributed by atoms with Crippen LogP contribution in [0.5, 0.6) is 5.75 Å². The van der Waals surface area contributed by atoms with Crippen LogP contribution in [-0.2, 0) is 0 Å². The second-order valence-electron chi connectivity index (χ2n) is 3.41. The second kappa shape index (κ2) is 5.43. The van der Waals surface area contributed by atoms with Crippen LogP contribution >= 0.6 is 11.6 Å². The van der Waals surface area contributed by atoms with Crippen molar-refractivity contribution in [2.45, 2.75) is 12.3 Å². The quantitative estimate of drug-likeness (QED) is 0.496. The molecule has 0 saturated carbocycles. The molecule has 1 aromatic rings. The molecule has 3 N–H and O–H groups in total. The number of ether oxygens (including phenoxy) is 1. The van der Waals surface area contributed by atoms with Crippen LogP contribution in [0.15, 0.2) is 18.2 Å². The molecule has 0 unspecified atom stereocenters. The molecule has 0 fully saturated rings. The van der Waals surface area contributed by atoms with Crippen molar-refractivity contribution in [2.24, 2.45) is 5.73 Å². The van der Waals surface area contributed by atoms with Gasteiger partial charge in [0.15, 0.2) is 6.61 Å². The van der Waals surface area contributed by atoms with E-state index in [1.165, 1.54) is 18.2 Å². The summed E-state index contributed by atoms with van der Waals surface area (Å²) >= 11 is 5.67. The smallest absolute Gasteiger partial charge is 0.340 e. The molecule has 1 rings (SSSR count). The Labute approximate surface area is 105 Å². The highest BCUT2D eigenvalue weighted by molar-refractivity contribution is 6.32. The summed E-state index contributed by atoms with van der Waals surface area (Å²) in [6, 6.07) is 3.71. The van der Waals surface area contributed by atoms with E-state index in [-0.39, 0.29) is 22.2 Å². The van der Waals surface area contributed by atoms with Gasteiger partial charge in [-0.25, -0.2) is 8.78 Å². The van der Waals surface area contributed by atoms with E-state index in [9.17, 15) is 17.6 Å². The molecule has 0 spiro atoms. The van der Waals surface area contributed by atoms with Crippen LogP contribution in [0.25, 0.3) is 0 Å². The molecule has 8 heteroatoms. The number of hydrogen-bond donors (Lipinski definition) is 2. The minimum Gasteiger partial charge on any atom is -0.486 e. The third-order valence-electron chi connectivity index (χ3n) is 1.98. The lowest BCUT2D eigenvalue weighted by atomic mass is 10.2. The Kier molecular flexibility index (Phi) is 4.39. The third kappa shape index (κ3) is 3.49. The van der Waals surface area contributed by atoms with Crippen LogP contribution < -0.4 is 10.5 Å². The van der Waals surface area contributed by atoms with Gasteiger partial charge in [0.05, 0.1) is 5.02 Å². The minimum atomic E-state index is -4.25. The molecular formula is C10H9ClF4N2O. The van der Waals surface area contributed by atoms with Crippen LogP contribution in [0.4, 0.5) is 17.6 Å². The van der Waals surface area contributed by atoms with Crippen LogP contribution in [0.2, 0.25) is 5.02 Å². The number of halogens is 5. The van der Waals surface area contributed by atoms with Crippen molar-refractivity contribution < 1.29 is 22.3 Å². The third-order valence-corrected chi connectivity index (χ3v) is 2.28. The van der Waals surface area contributed by atoms with E-state index in [0.29, 0.717) is 0 Å². The van der Waals surface area contributed by atoms with Crippen LogP contribution in [0.1, 0.15) is 5.56 Å². The van der Waals surface area contributed by atoms with Gasteiger partial charge in [0.2, 0.25) is 0 Å². The van der Waals surface area contributed by atoms with Crippen molar-refractivity contribution in [3.05, 3.63) is 28.8 Å². The molecule has 0 atom stereocenters. The van der Waals surface area contributed by atoms with E-state index in [1.807, 2.05) is 0 Å². The SMILES string of the molecule is N=C(N)c1ccc(OCC(F)(F)C(F)F)c(Cl)c1. The molecule has 0 saturated heterocycles. The molecule has 0 heterocycles. The van der Waals surface area contributed by atoms with Gasteiger partial charge < -0.3 is 10.5 Å². The maximum absolute atomic E-state index is 12.6. The van der Waals surface area contributed by atoms with Crippen molar-refractivity contribution in [2.75, 3.05) is 6.61 Å². The van der Waals surface area contributed by atoms with Gasteiger partial charge in [-0.3, -0.25) is 5.41 Å². The molecule has 3 nitrogen and oxygen atoms in total. The Balaban J connectivity index is 2.78. The standard InChI is InChI=1S/C10H9ClF4N2O/c11-6-3-5(8(16)17)1-2-7(6)18-4-10(14,15)9(12)13/h1-3,9H,4H2,(H3,16,17). The van der Waals surface area contributed by atoms with Gasteiger partial charge in [-0.05, 0) is 18.2 Å². The molecule has 0 bridgehead atoms. The first kappa shape index (κ1) is 14.6. The van der Waals surface area contributed by atoms with Crippen LogP contribution in [-0.4, -0.2) is 24.8 Å². The molecule has 100 valence electrons. The topological polar surface area (TPSA) is 59.1 Å². The van der Waals surface area contributed by atoms with Gasteiger partial charge in [-0.15, -0.1) is 0 Å². The summed E-state index contributed by atoms with van der Waals surface area (Å²) in [5, 5.41) is 7.03. The number of nitrogens with one attached hydrogen (secondary N) is 1. The highest BCUT2D eigenvalue weighted by Crippen LogP contribution is 2.29. The zero-order valence-corrected chi connectivity index (χ0v) is 9.65. The molecule has 18 heavy (non-hydrogen) atoms. The van der Waals surface area contributed by atoms with Gasteiger partial charge in [0.25, 0.3) is 0 Å². The Hall–Kier alpha value is -1.50. The lowest BCUT2D eigenvalue weighted by molar-refractivity contribution is -0.148. The molecule has 0 aromatic heterocycles.